The summed E-state index contributed by atoms with van der Waals surface area (Å²) in [4.78, 5) is 34.9. The number of nitrogens with zero attached hydrogens (tertiary/aromatic N) is 4. The molecule has 2 aliphatic heterocycles. The summed E-state index contributed by atoms with van der Waals surface area (Å²) >= 11 is 0. The number of ether oxygens (including phenoxy) is 1. The highest BCUT2D eigenvalue weighted by molar-refractivity contribution is 6.45. The van der Waals surface area contributed by atoms with Gasteiger partial charge in [-0.1, -0.05) is 24.3 Å². The number of hydrogen-bond donors (Lipinski definition) is 1. The standard InChI is InChI=1S/C25H30N4O4/c1-26(2)18-7-6-8-19(17-18)29-24(31)22(20-9-4-5-10-21(20)33-3)23(25(29)32)28-13-11-27(12-14-28)15-16-30/h4-10,17,30H,11-16H2,1-3H3. The zero-order valence-corrected chi connectivity index (χ0v) is 19.3. The second kappa shape index (κ2) is 9.64. The molecule has 8 nitrogen and oxygen atoms in total. The molecule has 4 rings (SSSR count). The van der Waals surface area contributed by atoms with Crippen LogP contribution in [0, 0.1) is 0 Å². The van der Waals surface area contributed by atoms with Crippen molar-refractivity contribution in [1.82, 2.24) is 9.80 Å². The Morgan fingerprint density at radius 2 is 1.70 bits per heavy atom. The predicted molar refractivity (Wildman–Crippen MR) is 128 cm³/mol. The van der Waals surface area contributed by atoms with Crippen molar-refractivity contribution in [2.45, 2.75) is 0 Å². The molecule has 1 saturated heterocycles. The molecule has 174 valence electrons. The lowest BCUT2D eigenvalue weighted by Crippen LogP contribution is -2.48. The van der Waals surface area contributed by atoms with E-state index >= 15 is 0 Å². The molecule has 2 aromatic carbocycles. The number of aliphatic hydroxyl groups excluding tert-OH is 1. The van der Waals surface area contributed by atoms with Crippen molar-refractivity contribution < 1.29 is 19.4 Å². The molecule has 1 fully saturated rings. The number of imide groups is 1. The normalized spacial score (nSPS) is 17.2. The third-order valence-electron chi connectivity index (χ3n) is 6.14. The van der Waals surface area contributed by atoms with Crippen LogP contribution in [0.1, 0.15) is 5.56 Å². The monoisotopic (exact) mass is 450 g/mol. The number of aliphatic hydroxyl groups is 1. The highest BCUT2D eigenvalue weighted by Gasteiger charge is 2.43. The van der Waals surface area contributed by atoms with Gasteiger partial charge >= 0.3 is 0 Å². The minimum absolute atomic E-state index is 0.0998. The number of para-hydroxylation sites is 1. The minimum atomic E-state index is -0.354. The third kappa shape index (κ3) is 4.31. The molecule has 2 aliphatic rings. The van der Waals surface area contributed by atoms with Crippen LogP contribution < -0.4 is 14.5 Å². The number of piperazine rings is 1. The first kappa shape index (κ1) is 22.8. The van der Waals surface area contributed by atoms with Crippen LogP contribution in [0.25, 0.3) is 5.57 Å². The van der Waals surface area contributed by atoms with E-state index in [9.17, 15) is 14.7 Å². The van der Waals surface area contributed by atoms with E-state index in [1.807, 2.05) is 60.3 Å². The number of rotatable bonds is 7. The van der Waals surface area contributed by atoms with Crippen molar-refractivity contribution in [3.8, 4) is 5.75 Å². The summed E-state index contributed by atoms with van der Waals surface area (Å²) in [6.45, 7) is 3.31. The lowest BCUT2D eigenvalue weighted by atomic mass is 10.0. The lowest BCUT2D eigenvalue weighted by molar-refractivity contribution is -0.120. The Balaban J connectivity index is 1.78. The smallest absolute Gasteiger partial charge is 0.282 e. The van der Waals surface area contributed by atoms with Gasteiger partial charge < -0.3 is 19.6 Å². The maximum atomic E-state index is 13.8. The van der Waals surface area contributed by atoms with E-state index in [2.05, 4.69) is 4.90 Å². The quantitative estimate of drug-likeness (QED) is 0.643. The van der Waals surface area contributed by atoms with Crippen LogP contribution in [0.4, 0.5) is 11.4 Å². The summed E-state index contributed by atoms with van der Waals surface area (Å²) < 4.78 is 5.54. The van der Waals surface area contributed by atoms with Crippen molar-refractivity contribution >= 4 is 28.8 Å². The molecule has 0 saturated carbocycles. The maximum Gasteiger partial charge on any atom is 0.282 e. The first-order valence-corrected chi connectivity index (χ1v) is 11.1. The van der Waals surface area contributed by atoms with Gasteiger partial charge in [0, 0.05) is 58.1 Å². The fourth-order valence-electron chi connectivity index (χ4n) is 4.39. The molecule has 0 atom stereocenters. The second-order valence-corrected chi connectivity index (χ2v) is 8.34. The Kier molecular flexibility index (Phi) is 6.67. The van der Waals surface area contributed by atoms with Crippen molar-refractivity contribution in [2.24, 2.45) is 0 Å². The highest BCUT2D eigenvalue weighted by atomic mass is 16.5. The van der Waals surface area contributed by atoms with Gasteiger partial charge in [-0.2, -0.15) is 0 Å². The summed E-state index contributed by atoms with van der Waals surface area (Å²) in [5, 5.41) is 9.26. The molecule has 2 amide bonds. The van der Waals surface area contributed by atoms with Crippen molar-refractivity contribution in [1.29, 1.82) is 0 Å². The lowest BCUT2D eigenvalue weighted by Gasteiger charge is -2.36. The van der Waals surface area contributed by atoms with Crippen LogP contribution in [0.3, 0.4) is 0 Å². The maximum absolute atomic E-state index is 13.8. The molecule has 0 bridgehead atoms. The number of carbonyl (C=O) groups excluding carboxylic acids is 2. The molecule has 0 unspecified atom stereocenters. The van der Waals surface area contributed by atoms with Gasteiger partial charge in [0.05, 0.1) is 25.0 Å². The Bertz CT molecular complexity index is 1070. The number of amides is 2. The van der Waals surface area contributed by atoms with E-state index in [1.54, 1.807) is 19.2 Å². The largest absolute Gasteiger partial charge is 0.496 e. The van der Waals surface area contributed by atoms with Gasteiger partial charge in [0.1, 0.15) is 11.4 Å². The second-order valence-electron chi connectivity index (χ2n) is 8.34. The summed E-state index contributed by atoms with van der Waals surface area (Å²) in [6.07, 6.45) is 0. The Morgan fingerprint density at radius 1 is 0.970 bits per heavy atom. The topological polar surface area (TPSA) is 76.6 Å². The van der Waals surface area contributed by atoms with Gasteiger partial charge in [0.15, 0.2) is 0 Å². The number of β-amino-alcohol motifs (C(OH)–C–C–N with tert-alkyl or cyclic N) is 1. The average Bonchev–Trinajstić information content (AvgIpc) is 3.09. The van der Waals surface area contributed by atoms with Gasteiger partial charge in [-0.05, 0) is 24.3 Å². The molecule has 1 N–H and O–H groups in total. The number of benzene rings is 2. The zero-order chi connectivity index (χ0) is 23.5. The molecule has 0 spiro atoms. The summed E-state index contributed by atoms with van der Waals surface area (Å²) in [5.41, 5.74) is 2.82. The molecule has 8 heteroatoms. The Labute approximate surface area is 194 Å². The van der Waals surface area contributed by atoms with E-state index in [0.29, 0.717) is 61.0 Å². The van der Waals surface area contributed by atoms with Gasteiger partial charge in [0.2, 0.25) is 0 Å². The molecule has 0 aromatic heterocycles. The molecule has 2 heterocycles. The average molecular weight is 451 g/mol. The molecule has 2 aromatic rings. The van der Waals surface area contributed by atoms with Crippen molar-refractivity contribution in [2.75, 3.05) is 70.3 Å². The number of anilines is 2. The molecular formula is C25H30N4O4. The number of methoxy groups -OCH3 is 1. The zero-order valence-electron chi connectivity index (χ0n) is 19.3. The minimum Gasteiger partial charge on any atom is -0.496 e. The molecule has 0 radical (unpaired) electrons. The summed E-state index contributed by atoms with van der Waals surface area (Å²) in [7, 11) is 5.40. The molecule has 33 heavy (non-hydrogen) atoms. The van der Waals surface area contributed by atoms with Crippen LogP contribution in [-0.2, 0) is 9.59 Å². The Morgan fingerprint density at radius 3 is 2.36 bits per heavy atom. The summed E-state index contributed by atoms with van der Waals surface area (Å²) in [5.74, 6) is -0.130. The number of hydrogen-bond acceptors (Lipinski definition) is 7. The third-order valence-corrected chi connectivity index (χ3v) is 6.14. The fourth-order valence-corrected chi connectivity index (χ4v) is 4.39. The number of carbonyl (C=O) groups is 2. The van der Waals surface area contributed by atoms with Crippen molar-refractivity contribution in [3.05, 3.63) is 59.8 Å². The van der Waals surface area contributed by atoms with E-state index in [4.69, 9.17) is 4.74 Å². The van der Waals surface area contributed by atoms with Crippen LogP contribution in [0.15, 0.2) is 54.2 Å². The van der Waals surface area contributed by atoms with E-state index in [0.717, 1.165) is 5.69 Å². The van der Waals surface area contributed by atoms with E-state index in [-0.39, 0.29) is 18.4 Å². The molecular weight excluding hydrogens is 420 g/mol. The van der Waals surface area contributed by atoms with E-state index in [1.165, 1.54) is 4.90 Å². The SMILES string of the molecule is COc1ccccc1C1=C(N2CCN(CCO)CC2)C(=O)N(c2cccc(N(C)C)c2)C1=O. The van der Waals surface area contributed by atoms with Crippen LogP contribution in [0.5, 0.6) is 5.75 Å². The van der Waals surface area contributed by atoms with Gasteiger partial charge in [-0.25, -0.2) is 4.90 Å². The fraction of sp³-hybridized carbons (Fsp3) is 0.360. The summed E-state index contributed by atoms with van der Waals surface area (Å²) in [6, 6.07) is 14.7. The van der Waals surface area contributed by atoms with E-state index < -0.39 is 0 Å². The van der Waals surface area contributed by atoms with Crippen LogP contribution in [-0.4, -0.2) is 87.3 Å². The van der Waals surface area contributed by atoms with Crippen LogP contribution >= 0.6 is 0 Å². The van der Waals surface area contributed by atoms with Crippen LogP contribution in [0.2, 0.25) is 0 Å². The van der Waals surface area contributed by atoms with Crippen molar-refractivity contribution in [3.63, 3.8) is 0 Å². The van der Waals surface area contributed by atoms with Gasteiger partial charge in [-0.15, -0.1) is 0 Å². The van der Waals surface area contributed by atoms with Gasteiger partial charge in [0.25, 0.3) is 11.8 Å². The highest BCUT2D eigenvalue weighted by Crippen LogP contribution is 2.39. The van der Waals surface area contributed by atoms with Gasteiger partial charge in [-0.3, -0.25) is 14.5 Å². The molecule has 0 aliphatic carbocycles. The Hall–Kier alpha value is -3.36. The first-order valence-electron chi connectivity index (χ1n) is 11.1. The predicted octanol–water partition coefficient (Wildman–Crippen LogP) is 1.66. The first-order chi connectivity index (χ1) is 16.0.